The summed E-state index contributed by atoms with van der Waals surface area (Å²) < 4.78 is 5.44. The highest BCUT2D eigenvalue weighted by Gasteiger charge is 2.17. The number of aromatic nitrogens is 2. The molecular weight excluding hydrogens is 250 g/mol. The van der Waals surface area contributed by atoms with Crippen molar-refractivity contribution in [2.75, 3.05) is 12.4 Å². The Balaban J connectivity index is 2.29. The van der Waals surface area contributed by atoms with E-state index in [-0.39, 0.29) is 11.5 Å². The minimum absolute atomic E-state index is 0.111. The lowest BCUT2D eigenvalue weighted by Gasteiger charge is -2.23. The smallest absolute Gasteiger partial charge is 0.141 e. The van der Waals surface area contributed by atoms with Gasteiger partial charge in [-0.3, -0.25) is 5.10 Å². The number of rotatable bonds is 4. The van der Waals surface area contributed by atoms with Gasteiger partial charge in [0.05, 0.1) is 24.5 Å². The highest BCUT2D eigenvalue weighted by atomic mass is 16.5. The average molecular weight is 273 g/mol. The maximum absolute atomic E-state index is 5.44. The van der Waals surface area contributed by atoms with Crippen LogP contribution in [0.4, 0.5) is 5.69 Å². The zero-order valence-corrected chi connectivity index (χ0v) is 12.8. The van der Waals surface area contributed by atoms with Crippen LogP contribution in [0, 0.1) is 0 Å². The average Bonchev–Trinajstić information content (AvgIpc) is 2.91. The summed E-state index contributed by atoms with van der Waals surface area (Å²) in [6.45, 7) is 8.71. The largest absolute Gasteiger partial charge is 0.495 e. The molecule has 108 valence electrons. The fraction of sp³-hybridized carbons (Fsp3) is 0.438. The Hall–Kier alpha value is -1.97. The van der Waals surface area contributed by atoms with Gasteiger partial charge in [-0.1, -0.05) is 26.8 Å². The van der Waals surface area contributed by atoms with Gasteiger partial charge in [0.15, 0.2) is 0 Å². The van der Waals surface area contributed by atoms with Crippen molar-refractivity contribution in [3.8, 4) is 5.75 Å². The van der Waals surface area contributed by atoms with Gasteiger partial charge in [-0.25, -0.2) is 0 Å². The minimum Gasteiger partial charge on any atom is -0.495 e. The van der Waals surface area contributed by atoms with Gasteiger partial charge in [0.25, 0.3) is 0 Å². The van der Waals surface area contributed by atoms with E-state index in [0.717, 1.165) is 17.1 Å². The third kappa shape index (κ3) is 3.13. The van der Waals surface area contributed by atoms with Crippen molar-refractivity contribution in [3.05, 3.63) is 41.7 Å². The Morgan fingerprint density at radius 1 is 1.25 bits per heavy atom. The molecule has 0 radical (unpaired) electrons. The number of benzene rings is 1. The van der Waals surface area contributed by atoms with Crippen LogP contribution in [0.2, 0.25) is 0 Å². The molecule has 0 aliphatic heterocycles. The van der Waals surface area contributed by atoms with Crippen molar-refractivity contribution in [2.45, 2.75) is 39.2 Å². The van der Waals surface area contributed by atoms with Gasteiger partial charge in [-0.05, 0) is 36.1 Å². The number of aromatic amines is 1. The highest BCUT2D eigenvalue weighted by molar-refractivity contribution is 5.59. The van der Waals surface area contributed by atoms with Gasteiger partial charge in [0.2, 0.25) is 0 Å². The molecule has 1 atom stereocenters. The number of H-pyrrole nitrogens is 1. The molecule has 20 heavy (non-hydrogen) atoms. The summed E-state index contributed by atoms with van der Waals surface area (Å²) in [5.74, 6) is 0.851. The van der Waals surface area contributed by atoms with Crippen LogP contribution < -0.4 is 10.1 Å². The quantitative estimate of drug-likeness (QED) is 0.888. The lowest BCUT2D eigenvalue weighted by Crippen LogP contribution is -2.13. The molecule has 0 saturated carbocycles. The molecule has 2 N–H and O–H groups in total. The fourth-order valence-electron chi connectivity index (χ4n) is 2.11. The first-order chi connectivity index (χ1) is 9.41. The Morgan fingerprint density at radius 2 is 2.00 bits per heavy atom. The first kappa shape index (κ1) is 14.4. The summed E-state index contributed by atoms with van der Waals surface area (Å²) in [7, 11) is 1.69. The monoisotopic (exact) mass is 273 g/mol. The maximum Gasteiger partial charge on any atom is 0.141 e. The number of nitrogens with one attached hydrogen (secondary N) is 2. The number of ether oxygens (including phenoxy) is 1. The standard InChI is InChI=1S/C16H23N3O/c1-11(13-8-9-17-19-13)18-14-10-12(16(2,3)4)6-7-15(14)20-5/h6-11,18H,1-5H3,(H,17,19). The van der Waals surface area contributed by atoms with Crippen molar-refractivity contribution >= 4 is 5.69 Å². The van der Waals surface area contributed by atoms with Crippen LogP contribution in [0.1, 0.15) is 45.0 Å². The number of hydrogen-bond donors (Lipinski definition) is 2. The summed E-state index contributed by atoms with van der Waals surface area (Å²) in [6.07, 6.45) is 1.76. The summed E-state index contributed by atoms with van der Waals surface area (Å²) >= 11 is 0. The van der Waals surface area contributed by atoms with Crippen LogP contribution in [-0.4, -0.2) is 17.3 Å². The van der Waals surface area contributed by atoms with Crippen molar-refractivity contribution in [1.29, 1.82) is 0 Å². The fourth-order valence-corrected chi connectivity index (χ4v) is 2.11. The SMILES string of the molecule is COc1ccc(C(C)(C)C)cc1NC(C)c1ccn[nH]1. The number of hydrogen-bond acceptors (Lipinski definition) is 3. The molecule has 1 unspecified atom stereocenters. The minimum atomic E-state index is 0.111. The molecule has 2 aromatic rings. The normalized spacial score (nSPS) is 13.1. The third-order valence-electron chi connectivity index (χ3n) is 3.43. The second-order valence-electron chi connectivity index (χ2n) is 6.04. The van der Waals surface area contributed by atoms with Crippen molar-refractivity contribution in [2.24, 2.45) is 0 Å². The first-order valence-electron chi connectivity index (χ1n) is 6.86. The van der Waals surface area contributed by atoms with E-state index in [0.29, 0.717) is 0 Å². The predicted octanol–water partition coefficient (Wildman–Crippen LogP) is 3.89. The molecule has 0 aliphatic rings. The Labute approximate surface area is 120 Å². The molecule has 0 aliphatic carbocycles. The lowest BCUT2D eigenvalue weighted by atomic mass is 9.86. The molecule has 1 heterocycles. The molecule has 0 fully saturated rings. The zero-order valence-electron chi connectivity index (χ0n) is 12.8. The molecule has 0 spiro atoms. The van der Waals surface area contributed by atoms with Crippen molar-refractivity contribution in [3.63, 3.8) is 0 Å². The first-order valence-corrected chi connectivity index (χ1v) is 6.86. The van der Waals surface area contributed by atoms with Crippen LogP contribution in [0.3, 0.4) is 0 Å². The molecule has 0 saturated heterocycles. The van der Waals surface area contributed by atoms with Crippen LogP contribution in [0.5, 0.6) is 5.75 Å². The Kier molecular flexibility index (Phi) is 4.02. The molecule has 0 bridgehead atoms. The van der Waals surface area contributed by atoms with Crippen LogP contribution in [-0.2, 0) is 5.41 Å². The Bertz CT molecular complexity index is 556. The summed E-state index contributed by atoms with van der Waals surface area (Å²) in [5.41, 5.74) is 3.44. The number of anilines is 1. The Morgan fingerprint density at radius 3 is 2.55 bits per heavy atom. The molecule has 4 nitrogen and oxygen atoms in total. The van der Waals surface area contributed by atoms with Crippen LogP contribution in [0.15, 0.2) is 30.5 Å². The predicted molar refractivity (Wildman–Crippen MR) is 82.3 cm³/mol. The van der Waals surface area contributed by atoms with Gasteiger partial charge < -0.3 is 10.1 Å². The summed E-state index contributed by atoms with van der Waals surface area (Å²) in [6, 6.07) is 8.40. The van der Waals surface area contributed by atoms with Gasteiger partial charge in [-0.15, -0.1) is 0 Å². The molecule has 0 amide bonds. The van der Waals surface area contributed by atoms with Crippen molar-refractivity contribution < 1.29 is 4.74 Å². The van der Waals surface area contributed by atoms with Gasteiger partial charge >= 0.3 is 0 Å². The van der Waals surface area contributed by atoms with E-state index in [2.05, 4.69) is 55.3 Å². The summed E-state index contributed by atoms with van der Waals surface area (Å²) in [5, 5.41) is 10.5. The second kappa shape index (κ2) is 5.57. The zero-order chi connectivity index (χ0) is 14.8. The van der Waals surface area contributed by atoms with E-state index in [1.54, 1.807) is 13.3 Å². The number of methoxy groups -OCH3 is 1. The molecule has 1 aromatic carbocycles. The third-order valence-corrected chi connectivity index (χ3v) is 3.43. The van der Waals surface area contributed by atoms with Crippen molar-refractivity contribution in [1.82, 2.24) is 10.2 Å². The van der Waals surface area contributed by atoms with Gasteiger partial charge in [-0.2, -0.15) is 5.10 Å². The maximum atomic E-state index is 5.44. The van der Waals surface area contributed by atoms with Gasteiger partial charge in [0, 0.05) is 6.20 Å². The van der Waals surface area contributed by atoms with Crippen LogP contribution >= 0.6 is 0 Å². The molecule has 4 heteroatoms. The van der Waals surface area contributed by atoms with E-state index in [1.165, 1.54) is 5.56 Å². The lowest BCUT2D eigenvalue weighted by molar-refractivity contribution is 0.415. The second-order valence-corrected chi connectivity index (χ2v) is 6.04. The van der Waals surface area contributed by atoms with E-state index in [4.69, 9.17) is 4.74 Å². The van der Waals surface area contributed by atoms with E-state index in [9.17, 15) is 0 Å². The number of nitrogens with zero attached hydrogens (tertiary/aromatic N) is 1. The van der Waals surface area contributed by atoms with Gasteiger partial charge in [0.1, 0.15) is 5.75 Å². The molecule has 2 rings (SSSR count). The van der Waals surface area contributed by atoms with E-state index < -0.39 is 0 Å². The molecular formula is C16H23N3O. The summed E-state index contributed by atoms with van der Waals surface area (Å²) in [4.78, 5) is 0. The highest BCUT2D eigenvalue weighted by Crippen LogP contribution is 2.33. The van der Waals surface area contributed by atoms with E-state index in [1.807, 2.05) is 12.1 Å². The molecule has 1 aromatic heterocycles. The van der Waals surface area contributed by atoms with Crippen LogP contribution in [0.25, 0.3) is 0 Å². The topological polar surface area (TPSA) is 49.9 Å². The van der Waals surface area contributed by atoms with E-state index >= 15 is 0 Å².